The molecule has 0 aliphatic carbocycles. The fourth-order valence-electron chi connectivity index (χ4n) is 1.37. The van der Waals surface area contributed by atoms with Crippen LogP contribution in [0, 0.1) is 6.92 Å². The smallest absolute Gasteiger partial charge is 0.127 e. The number of aryl methyl sites for hydroxylation is 1. The quantitative estimate of drug-likeness (QED) is 0.930. The van der Waals surface area contributed by atoms with E-state index < -0.39 is 0 Å². The molecule has 0 spiro atoms. The highest BCUT2D eigenvalue weighted by Gasteiger charge is 1.98. The van der Waals surface area contributed by atoms with Gasteiger partial charge in [0.1, 0.15) is 5.82 Å². The normalized spacial score (nSPS) is 10.4. The highest BCUT2D eigenvalue weighted by Crippen LogP contribution is 2.15. The number of hydrogen-bond donors (Lipinski definition) is 1. The lowest BCUT2D eigenvalue weighted by atomic mass is 10.4. The predicted octanol–water partition coefficient (Wildman–Crippen LogP) is 1.86. The second-order valence-corrected chi connectivity index (χ2v) is 4.32. The molecule has 2 rings (SSSR count). The molecule has 84 valence electrons. The Labute approximate surface area is 102 Å². The Hall–Kier alpha value is -1.43. The van der Waals surface area contributed by atoms with Crippen molar-refractivity contribution in [1.82, 2.24) is 20.0 Å². The number of hydrogen-bond acceptors (Lipinski definition) is 4. The molecule has 0 aliphatic heterocycles. The maximum atomic E-state index is 4.37. The van der Waals surface area contributed by atoms with Gasteiger partial charge in [0.25, 0.3) is 0 Å². The minimum atomic E-state index is 0.770. The molecule has 0 fully saturated rings. The van der Waals surface area contributed by atoms with Gasteiger partial charge in [0.15, 0.2) is 0 Å². The summed E-state index contributed by atoms with van der Waals surface area (Å²) in [6.07, 6.45) is 3.50. The van der Waals surface area contributed by atoms with Gasteiger partial charge in [-0.3, -0.25) is 4.68 Å². The van der Waals surface area contributed by atoms with Gasteiger partial charge in [-0.25, -0.2) is 4.98 Å². The molecule has 0 radical (unpaired) electrons. The van der Waals surface area contributed by atoms with Crippen LogP contribution in [0.4, 0.5) is 5.82 Å². The lowest BCUT2D eigenvalue weighted by Gasteiger charge is -2.06. The van der Waals surface area contributed by atoms with Crippen LogP contribution in [-0.2, 0) is 6.54 Å². The van der Waals surface area contributed by atoms with Crippen molar-refractivity contribution in [3.05, 3.63) is 34.7 Å². The van der Waals surface area contributed by atoms with Crippen molar-refractivity contribution in [2.45, 2.75) is 13.5 Å². The number of nitrogens with zero attached hydrogens (tertiary/aromatic N) is 4. The van der Waals surface area contributed by atoms with E-state index in [0.29, 0.717) is 0 Å². The molecule has 0 aliphatic rings. The third kappa shape index (κ3) is 3.03. The zero-order valence-corrected chi connectivity index (χ0v) is 10.5. The first kappa shape index (κ1) is 11.1. The van der Waals surface area contributed by atoms with Crippen LogP contribution < -0.4 is 5.32 Å². The van der Waals surface area contributed by atoms with Crippen LogP contribution in [0.15, 0.2) is 29.0 Å². The van der Waals surface area contributed by atoms with E-state index in [1.807, 2.05) is 25.3 Å². The summed E-state index contributed by atoms with van der Waals surface area (Å²) in [6.45, 7) is 3.51. The van der Waals surface area contributed by atoms with Gasteiger partial charge in [-0.2, -0.15) is 0 Å². The van der Waals surface area contributed by atoms with Crippen LogP contribution in [0.2, 0.25) is 0 Å². The Bertz CT molecular complexity index is 434. The Morgan fingerprint density at radius 2 is 2.31 bits per heavy atom. The number of rotatable bonds is 4. The van der Waals surface area contributed by atoms with Crippen molar-refractivity contribution in [2.75, 3.05) is 11.9 Å². The Morgan fingerprint density at radius 3 is 3.00 bits per heavy atom. The Morgan fingerprint density at radius 1 is 1.44 bits per heavy atom. The number of aromatic nitrogens is 4. The van der Waals surface area contributed by atoms with E-state index in [1.165, 1.54) is 0 Å². The first-order valence-electron chi connectivity index (χ1n) is 4.96. The van der Waals surface area contributed by atoms with Crippen LogP contribution >= 0.6 is 15.9 Å². The molecule has 16 heavy (non-hydrogen) atoms. The average molecular weight is 282 g/mol. The summed E-state index contributed by atoms with van der Waals surface area (Å²) in [5.41, 5.74) is 0.984. The van der Waals surface area contributed by atoms with Crippen molar-refractivity contribution in [3.8, 4) is 0 Å². The first-order chi connectivity index (χ1) is 7.74. The molecular formula is C10H12BrN5. The molecule has 0 aromatic carbocycles. The number of halogens is 1. The van der Waals surface area contributed by atoms with Crippen LogP contribution in [0.5, 0.6) is 0 Å². The molecule has 6 heteroatoms. The molecular weight excluding hydrogens is 270 g/mol. The highest BCUT2D eigenvalue weighted by molar-refractivity contribution is 9.10. The van der Waals surface area contributed by atoms with Crippen molar-refractivity contribution >= 4 is 21.7 Å². The minimum absolute atomic E-state index is 0.770. The standard InChI is InChI=1S/C10H12BrN5/c1-8-6-9(11)7-10(14-8)12-2-4-16-5-3-13-15-16/h3,5-7H,2,4H2,1H3,(H,12,14). The molecule has 0 saturated heterocycles. The van der Waals surface area contributed by atoms with Crippen molar-refractivity contribution in [1.29, 1.82) is 0 Å². The monoisotopic (exact) mass is 281 g/mol. The van der Waals surface area contributed by atoms with E-state index >= 15 is 0 Å². The summed E-state index contributed by atoms with van der Waals surface area (Å²) >= 11 is 3.44. The summed E-state index contributed by atoms with van der Waals surface area (Å²) < 4.78 is 2.81. The lowest BCUT2D eigenvalue weighted by Crippen LogP contribution is -2.12. The zero-order chi connectivity index (χ0) is 11.4. The Balaban J connectivity index is 1.89. The summed E-state index contributed by atoms with van der Waals surface area (Å²) in [7, 11) is 0. The molecule has 0 unspecified atom stereocenters. The fraction of sp³-hybridized carbons (Fsp3) is 0.300. The van der Waals surface area contributed by atoms with Crippen molar-refractivity contribution < 1.29 is 0 Å². The second-order valence-electron chi connectivity index (χ2n) is 3.40. The minimum Gasteiger partial charge on any atom is -0.368 e. The maximum absolute atomic E-state index is 4.37. The average Bonchev–Trinajstić information content (AvgIpc) is 2.69. The van der Waals surface area contributed by atoms with E-state index in [1.54, 1.807) is 10.9 Å². The molecule has 0 bridgehead atoms. The van der Waals surface area contributed by atoms with Crippen LogP contribution in [0.25, 0.3) is 0 Å². The van der Waals surface area contributed by atoms with Gasteiger partial charge in [0, 0.05) is 22.9 Å². The van der Waals surface area contributed by atoms with E-state index in [4.69, 9.17) is 0 Å². The third-order valence-corrected chi connectivity index (χ3v) is 2.49. The second kappa shape index (κ2) is 5.07. The molecule has 2 aromatic rings. The van der Waals surface area contributed by atoms with E-state index in [-0.39, 0.29) is 0 Å². The van der Waals surface area contributed by atoms with E-state index in [2.05, 4.69) is 36.5 Å². The highest BCUT2D eigenvalue weighted by atomic mass is 79.9. The third-order valence-electron chi connectivity index (χ3n) is 2.04. The lowest BCUT2D eigenvalue weighted by molar-refractivity contribution is 0.608. The van der Waals surface area contributed by atoms with Gasteiger partial charge in [0.2, 0.25) is 0 Å². The van der Waals surface area contributed by atoms with Crippen molar-refractivity contribution in [2.24, 2.45) is 0 Å². The fourth-order valence-corrected chi connectivity index (χ4v) is 1.92. The molecule has 1 N–H and O–H groups in total. The summed E-state index contributed by atoms with van der Waals surface area (Å²) in [5.74, 6) is 0.868. The molecule has 0 atom stereocenters. The maximum Gasteiger partial charge on any atom is 0.127 e. The first-order valence-corrected chi connectivity index (χ1v) is 5.75. The van der Waals surface area contributed by atoms with E-state index in [0.717, 1.165) is 29.1 Å². The summed E-state index contributed by atoms with van der Waals surface area (Å²) in [4.78, 5) is 4.37. The van der Waals surface area contributed by atoms with Gasteiger partial charge >= 0.3 is 0 Å². The number of pyridine rings is 1. The topological polar surface area (TPSA) is 55.6 Å². The molecule has 5 nitrogen and oxygen atoms in total. The number of nitrogens with one attached hydrogen (secondary N) is 1. The van der Waals surface area contributed by atoms with Gasteiger partial charge in [-0.1, -0.05) is 21.1 Å². The van der Waals surface area contributed by atoms with Gasteiger partial charge < -0.3 is 5.32 Å². The SMILES string of the molecule is Cc1cc(Br)cc(NCCn2ccnn2)n1. The van der Waals surface area contributed by atoms with Gasteiger partial charge in [-0.05, 0) is 19.1 Å². The van der Waals surface area contributed by atoms with Crippen LogP contribution in [0.3, 0.4) is 0 Å². The summed E-state index contributed by atoms with van der Waals surface area (Å²) in [5, 5.41) is 10.9. The molecule has 2 aromatic heterocycles. The predicted molar refractivity (Wildman–Crippen MR) is 65.2 cm³/mol. The molecule has 2 heterocycles. The van der Waals surface area contributed by atoms with E-state index in [9.17, 15) is 0 Å². The zero-order valence-electron chi connectivity index (χ0n) is 8.89. The molecule has 0 saturated carbocycles. The Kier molecular flexibility index (Phi) is 3.51. The van der Waals surface area contributed by atoms with Crippen molar-refractivity contribution in [3.63, 3.8) is 0 Å². The van der Waals surface area contributed by atoms with Gasteiger partial charge in [-0.15, -0.1) is 5.10 Å². The summed E-state index contributed by atoms with van der Waals surface area (Å²) in [6, 6.07) is 3.93. The largest absolute Gasteiger partial charge is 0.368 e. The van der Waals surface area contributed by atoms with Gasteiger partial charge in [0.05, 0.1) is 12.7 Å². The molecule has 0 amide bonds. The van der Waals surface area contributed by atoms with Crippen LogP contribution in [0.1, 0.15) is 5.69 Å². The van der Waals surface area contributed by atoms with Crippen LogP contribution in [-0.4, -0.2) is 26.5 Å². The number of anilines is 1.